The largest absolute Gasteiger partial charge is 0.478 e. The molecule has 5 nitrogen and oxygen atoms in total. The number of hydrogen-bond donors (Lipinski definition) is 1. The molecule has 0 unspecified atom stereocenters. The second kappa shape index (κ2) is 10.2. The zero-order valence-corrected chi connectivity index (χ0v) is 16.4. The number of likely N-dealkylation sites (tertiary alicyclic amines) is 1. The van der Waals surface area contributed by atoms with Gasteiger partial charge in [0.1, 0.15) is 5.82 Å². The SMILES string of the molecule is CCOc1ncccc1CN1CCC(C(=O)NCCc2ccc(F)cc2)CC1. The van der Waals surface area contributed by atoms with Crippen molar-refractivity contribution in [1.82, 2.24) is 15.2 Å². The number of benzene rings is 1. The first kappa shape index (κ1) is 20.3. The van der Waals surface area contributed by atoms with Gasteiger partial charge in [0, 0.05) is 30.8 Å². The molecule has 0 spiro atoms. The summed E-state index contributed by atoms with van der Waals surface area (Å²) in [5, 5.41) is 3.02. The standard InChI is InChI=1S/C22H28FN3O2/c1-2-28-22-19(4-3-12-25-22)16-26-14-10-18(11-15-26)21(27)24-13-9-17-5-7-20(23)8-6-17/h3-8,12,18H,2,9-11,13-16H2,1H3,(H,24,27). The molecule has 0 radical (unpaired) electrons. The summed E-state index contributed by atoms with van der Waals surface area (Å²) in [5.41, 5.74) is 2.12. The van der Waals surface area contributed by atoms with Gasteiger partial charge in [-0.2, -0.15) is 0 Å². The molecular formula is C22H28FN3O2. The van der Waals surface area contributed by atoms with Gasteiger partial charge in [0.15, 0.2) is 0 Å². The quantitative estimate of drug-likeness (QED) is 0.758. The summed E-state index contributed by atoms with van der Waals surface area (Å²) in [6, 6.07) is 10.4. The Morgan fingerprint density at radius 2 is 2.00 bits per heavy atom. The molecule has 0 atom stereocenters. The van der Waals surface area contributed by atoms with Gasteiger partial charge in [-0.05, 0) is 63.0 Å². The number of aromatic nitrogens is 1. The molecule has 150 valence electrons. The fourth-order valence-electron chi connectivity index (χ4n) is 3.53. The van der Waals surface area contributed by atoms with Crippen LogP contribution in [0.4, 0.5) is 4.39 Å². The maximum Gasteiger partial charge on any atom is 0.223 e. The lowest BCUT2D eigenvalue weighted by atomic mass is 9.95. The van der Waals surface area contributed by atoms with Crippen molar-refractivity contribution in [2.75, 3.05) is 26.2 Å². The minimum absolute atomic E-state index is 0.0599. The predicted octanol–water partition coefficient (Wildman–Crippen LogP) is 3.19. The monoisotopic (exact) mass is 385 g/mol. The highest BCUT2D eigenvalue weighted by Gasteiger charge is 2.25. The second-order valence-electron chi connectivity index (χ2n) is 7.12. The normalized spacial score (nSPS) is 15.4. The number of pyridine rings is 1. The highest BCUT2D eigenvalue weighted by molar-refractivity contribution is 5.78. The summed E-state index contributed by atoms with van der Waals surface area (Å²) in [4.78, 5) is 19.1. The van der Waals surface area contributed by atoms with Crippen molar-refractivity contribution in [3.05, 3.63) is 59.5 Å². The van der Waals surface area contributed by atoms with Crippen molar-refractivity contribution in [3.8, 4) is 5.88 Å². The van der Waals surface area contributed by atoms with E-state index in [1.54, 1.807) is 18.3 Å². The molecule has 3 rings (SSSR count). The molecule has 2 heterocycles. The van der Waals surface area contributed by atoms with Crippen LogP contribution in [0.25, 0.3) is 0 Å². The van der Waals surface area contributed by atoms with Crippen molar-refractivity contribution < 1.29 is 13.9 Å². The van der Waals surface area contributed by atoms with Gasteiger partial charge in [-0.3, -0.25) is 9.69 Å². The summed E-state index contributed by atoms with van der Waals surface area (Å²) < 4.78 is 18.5. The molecule has 1 aliphatic rings. The molecular weight excluding hydrogens is 357 g/mol. The Morgan fingerprint density at radius 1 is 1.25 bits per heavy atom. The van der Waals surface area contributed by atoms with Crippen LogP contribution >= 0.6 is 0 Å². The molecule has 28 heavy (non-hydrogen) atoms. The summed E-state index contributed by atoms with van der Waals surface area (Å²) in [7, 11) is 0. The van der Waals surface area contributed by atoms with E-state index in [-0.39, 0.29) is 17.6 Å². The van der Waals surface area contributed by atoms with Crippen LogP contribution in [-0.4, -0.2) is 42.0 Å². The molecule has 1 N–H and O–H groups in total. The van der Waals surface area contributed by atoms with Gasteiger partial charge in [0.2, 0.25) is 11.8 Å². The number of piperidine rings is 1. The zero-order chi connectivity index (χ0) is 19.8. The van der Waals surface area contributed by atoms with Gasteiger partial charge in [0.25, 0.3) is 0 Å². The molecule has 1 aromatic carbocycles. The number of hydrogen-bond acceptors (Lipinski definition) is 4. The van der Waals surface area contributed by atoms with E-state index in [1.807, 2.05) is 19.1 Å². The van der Waals surface area contributed by atoms with E-state index in [0.717, 1.165) is 43.6 Å². The second-order valence-corrected chi connectivity index (χ2v) is 7.12. The lowest BCUT2D eigenvalue weighted by molar-refractivity contribution is -0.126. The topological polar surface area (TPSA) is 54.5 Å². The molecule has 0 bridgehead atoms. The van der Waals surface area contributed by atoms with E-state index < -0.39 is 0 Å². The smallest absolute Gasteiger partial charge is 0.223 e. The van der Waals surface area contributed by atoms with Gasteiger partial charge in [-0.1, -0.05) is 18.2 Å². The Bertz CT molecular complexity index is 759. The molecule has 1 saturated heterocycles. The van der Waals surface area contributed by atoms with Crippen LogP contribution in [0.2, 0.25) is 0 Å². The molecule has 2 aromatic rings. The summed E-state index contributed by atoms with van der Waals surface area (Å²) in [6.07, 6.45) is 4.17. The molecule has 1 aliphatic heterocycles. The number of amides is 1. The van der Waals surface area contributed by atoms with E-state index in [9.17, 15) is 9.18 Å². The molecule has 1 amide bonds. The first-order valence-electron chi connectivity index (χ1n) is 9.97. The van der Waals surface area contributed by atoms with Gasteiger partial charge < -0.3 is 10.1 Å². The number of ether oxygens (including phenoxy) is 1. The maximum absolute atomic E-state index is 12.9. The van der Waals surface area contributed by atoms with Crippen molar-refractivity contribution in [3.63, 3.8) is 0 Å². The molecule has 0 saturated carbocycles. The van der Waals surface area contributed by atoms with Crippen LogP contribution in [0.15, 0.2) is 42.6 Å². The first-order chi connectivity index (χ1) is 13.7. The lowest BCUT2D eigenvalue weighted by Gasteiger charge is -2.31. The molecule has 1 aromatic heterocycles. The minimum atomic E-state index is -0.237. The Balaban J connectivity index is 1.41. The van der Waals surface area contributed by atoms with Crippen LogP contribution in [-0.2, 0) is 17.8 Å². The number of nitrogens with zero attached hydrogens (tertiary/aromatic N) is 2. The van der Waals surface area contributed by atoms with E-state index in [2.05, 4.69) is 15.2 Å². The van der Waals surface area contributed by atoms with E-state index in [0.29, 0.717) is 25.5 Å². The predicted molar refractivity (Wildman–Crippen MR) is 107 cm³/mol. The van der Waals surface area contributed by atoms with Gasteiger partial charge in [-0.25, -0.2) is 9.37 Å². The molecule has 1 fully saturated rings. The van der Waals surface area contributed by atoms with Crippen molar-refractivity contribution in [2.45, 2.75) is 32.7 Å². The van der Waals surface area contributed by atoms with E-state index in [4.69, 9.17) is 4.74 Å². The van der Waals surface area contributed by atoms with Crippen LogP contribution in [0, 0.1) is 11.7 Å². The molecule has 0 aliphatic carbocycles. The third-order valence-electron chi connectivity index (χ3n) is 5.11. The summed E-state index contributed by atoms with van der Waals surface area (Å²) >= 11 is 0. The van der Waals surface area contributed by atoms with E-state index >= 15 is 0 Å². The maximum atomic E-state index is 12.9. The van der Waals surface area contributed by atoms with Crippen LogP contribution in [0.5, 0.6) is 5.88 Å². The fraction of sp³-hybridized carbons (Fsp3) is 0.455. The summed E-state index contributed by atoms with van der Waals surface area (Å²) in [5.74, 6) is 0.646. The van der Waals surface area contributed by atoms with Crippen molar-refractivity contribution in [1.29, 1.82) is 0 Å². The summed E-state index contributed by atoms with van der Waals surface area (Å²) in [6.45, 7) is 5.70. The van der Waals surface area contributed by atoms with E-state index in [1.165, 1.54) is 12.1 Å². The highest BCUT2D eigenvalue weighted by atomic mass is 19.1. The highest BCUT2D eigenvalue weighted by Crippen LogP contribution is 2.22. The van der Waals surface area contributed by atoms with Gasteiger partial charge in [-0.15, -0.1) is 0 Å². The Kier molecular flexibility index (Phi) is 7.37. The van der Waals surface area contributed by atoms with Crippen molar-refractivity contribution in [2.24, 2.45) is 5.92 Å². The average Bonchev–Trinajstić information content (AvgIpc) is 2.71. The lowest BCUT2D eigenvalue weighted by Crippen LogP contribution is -2.40. The third-order valence-corrected chi connectivity index (χ3v) is 5.11. The Morgan fingerprint density at radius 3 is 2.71 bits per heavy atom. The average molecular weight is 385 g/mol. The third kappa shape index (κ3) is 5.76. The van der Waals surface area contributed by atoms with Crippen LogP contribution < -0.4 is 10.1 Å². The Hall–Kier alpha value is -2.47. The number of carbonyl (C=O) groups is 1. The van der Waals surface area contributed by atoms with Crippen molar-refractivity contribution >= 4 is 5.91 Å². The van der Waals surface area contributed by atoms with Gasteiger partial charge in [0.05, 0.1) is 6.61 Å². The number of halogens is 1. The number of rotatable bonds is 8. The molecule has 6 heteroatoms. The Labute approximate surface area is 165 Å². The minimum Gasteiger partial charge on any atom is -0.478 e. The number of nitrogens with one attached hydrogen (secondary N) is 1. The zero-order valence-electron chi connectivity index (χ0n) is 16.4. The van der Waals surface area contributed by atoms with Gasteiger partial charge >= 0.3 is 0 Å². The van der Waals surface area contributed by atoms with Crippen LogP contribution in [0.3, 0.4) is 0 Å². The van der Waals surface area contributed by atoms with Crippen LogP contribution in [0.1, 0.15) is 30.9 Å². The first-order valence-corrected chi connectivity index (χ1v) is 9.97. The fourth-order valence-corrected chi connectivity index (χ4v) is 3.53. The number of carbonyl (C=O) groups excluding carboxylic acids is 1.